The molecule has 0 atom stereocenters. The monoisotopic (exact) mass is 264 g/mol. The molecule has 0 amide bonds. The zero-order valence-electron chi connectivity index (χ0n) is 10.2. The Balaban J connectivity index is 2.80. The summed E-state index contributed by atoms with van der Waals surface area (Å²) in [7, 11) is -3.44. The topological polar surface area (TPSA) is 102 Å². The Kier molecular flexibility index (Phi) is 4.37. The summed E-state index contributed by atoms with van der Waals surface area (Å²) in [5.74, 6) is -0.122. The van der Waals surface area contributed by atoms with E-state index < -0.39 is 14.6 Å². The van der Waals surface area contributed by atoms with Crippen LogP contribution in [0.15, 0.2) is 5.16 Å². The normalized spacial score (nSPS) is 20.5. The molecule has 0 aromatic carbocycles. The van der Waals surface area contributed by atoms with Crippen molar-refractivity contribution in [3.8, 4) is 0 Å². The molecule has 100 valence electrons. The second-order valence-electron chi connectivity index (χ2n) is 4.83. The molecule has 7 heteroatoms. The third-order valence-electron chi connectivity index (χ3n) is 3.30. The van der Waals surface area contributed by atoms with E-state index in [9.17, 15) is 8.42 Å². The van der Waals surface area contributed by atoms with Crippen molar-refractivity contribution in [2.24, 2.45) is 16.8 Å². The predicted octanol–water partition coefficient (Wildman–Crippen LogP) is 0.353. The lowest BCUT2D eigenvalue weighted by Gasteiger charge is -2.28. The quantitative estimate of drug-likeness (QED) is 0.330. The minimum atomic E-state index is -3.44. The van der Waals surface area contributed by atoms with Crippen LogP contribution in [-0.2, 0) is 14.6 Å². The van der Waals surface area contributed by atoms with Gasteiger partial charge in [-0.25, -0.2) is 8.42 Å². The summed E-state index contributed by atoms with van der Waals surface area (Å²) in [6.45, 7) is 4.11. The van der Waals surface area contributed by atoms with E-state index in [0.717, 1.165) is 12.8 Å². The minimum absolute atomic E-state index is 0.0551. The van der Waals surface area contributed by atoms with E-state index >= 15 is 0 Å². The van der Waals surface area contributed by atoms with Crippen molar-refractivity contribution < 1.29 is 18.4 Å². The highest BCUT2D eigenvalue weighted by atomic mass is 32.2. The summed E-state index contributed by atoms with van der Waals surface area (Å²) in [5.41, 5.74) is 5.44. The van der Waals surface area contributed by atoms with Crippen LogP contribution in [0.25, 0.3) is 0 Å². The SMILES string of the molecule is CC(C)(C(N)=NO)S(=O)(=O)CC1CCOCC1. The van der Waals surface area contributed by atoms with Gasteiger partial charge in [0.05, 0.1) is 5.75 Å². The molecule has 0 saturated carbocycles. The summed E-state index contributed by atoms with van der Waals surface area (Å²) >= 11 is 0. The molecule has 0 spiro atoms. The zero-order chi connectivity index (χ0) is 13.1. The third kappa shape index (κ3) is 3.10. The summed E-state index contributed by atoms with van der Waals surface area (Å²) < 4.78 is 28.3. The van der Waals surface area contributed by atoms with Crippen LogP contribution in [0.4, 0.5) is 0 Å². The van der Waals surface area contributed by atoms with Crippen molar-refractivity contribution in [1.82, 2.24) is 0 Å². The van der Waals surface area contributed by atoms with E-state index in [1.54, 1.807) is 0 Å². The predicted molar refractivity (Wildman–Crippen MR) is 64.8 cm³/mol. The Morgan fingerprint density at radius 3 is 2.47 bits per heavy atom. The number of rotatable bonds is 4. The van der Waals surface area contributed by atoms with Crippen molar-refractivity contribution in [1.29, 1.82) is 0 Å². The van der Waals surface area contributed by atoms with E-state index in [4.69, 9.17) is 15.7 Å². The van der Waals surface area contributed by atoms with Gasteiger partial charge in [-0.3, -0.25) is 0 Å². The van der Waals surface area contributed by atoms with Crippen LogP contribution >= 0.6 is 0 Å². The van der Waals surface area contributed by atoms with Crippen molar-refractivity contribution in [2.75, 3.05) is 19.0 Å². The molecule has 1 aliphatic rings. The van der Waals surface area contributed by atoms with Crippen LogP contribution in [-0.4, -0.2) is 43.2 Å². The number of sulfone groups is 1. The van der Waals surface area contributed by atoms with Crippen LogP contribution in [0.1, 0.15) is 26.7 Å². The number of nitrogens with two attached hydrogens (primary N) is 1. The van der Waals surface area contributed by atoms with Crippen molar-refractivity contribution in [3.05, 3.63) is 0 Å². The Bertz CT molecular complexity index is 383. The summed E-state index contributed by atoms with van der Waals surface area (Å²) in [5, 5.41) is 11.4. The van der Waals surface area contributed by atoms with Gasteiger partial charge in [0.2, 0.25) is 0 Å². The fraction of sp³-hybridized carbons (Fsp3) is 0.900. The van der Waals surface area contributed by atoms with Gasteiger partial charge in [0.15, 0.2) is 15.7 Å². The van der Waals surface area contributed by atoms with Crippen LogP contribution in [0, 0.1) is 5.92 Å². The van der Waals surface area contributed by atoms with E-state index in [1.165, 1.54) is 13.8 Å². The zero-order valence-corrected chi connectivity index (χ0v) is 11.0. The molecule has 3 N–H and O–H groups in total. The average molecular weight is 264 g/mol. The first-order valence-corrected chi connectivity index (χ1v) is 7.24. The largest absolute Gasteiger partial charge is 0.409 e. The maximum atomic E-state index is 12.2. The average Bonchev–Trinajstić information content (AvgIpc) is 2.28. The van der Waals surface area contributed by atoms with Gasteiger partial charge in [0.25, 0.3) is 0 Å². The molecule has 1 aliphatic heterocycles. The number of oxime groups is 1. The second kappa shape index (κ2) is 5.22. The highest BCUT2D eigenvalue weighted by Gasteiger charge is 2.40. The molecule has 0 aliphatic carbocycles. The number of nitrogens with zero attached hydrogens (tertiary/aromatic N) is 1. The smallest absolute Gasteiger partial charge is 0.163 e. The molecule has 0 radical (unpaired) electrons. The number of ether oxygens (including phenoxy) is 1. The molecule has 1 rings (SSSR count). The van der Waals surface area contributed by atoms with E-state index in [1.807, 2.05) is 0 Å². The molecule has 0 aromatic rings. The summed E-state index contributed by atoms with van der Waals surface area (Å²) in [6.07, 6.45) is 1.48. The number of hydrogen-bond donors (Lipinski definition) is 2. The molecular formula is C10H20N2O4S. The van der Waals surface area contributed by atoms with Crippen LogP contribution in [0.3, 0.4) is 0 Å². The maximum Gasteiger partial charge on any atom is 0.163 e. The van der Waals surface area contributed by atoms with Gasteiger partial charge in [-0.1, -0.05) is 5.16 Å². The van der Waals surface area contributed by atoms with Gasteiger partial charge < -0.3 is 15.7 Å². The molecule has 0 aromatic heterocycles. The second-order valence-corrected chi connectivity index (χ2v) is 7.42. The van der Waals surface area contributed by atoms with Gasteiger partial charge in [-0.15, -0.1) is 0 Å². The number of amidine groups is 1. The van der Waals surface area contributed by atoms with Gasteiger partial charge in [-0.2, -0.15) is 0 Å². The molecular weight excluding hydrogens is 244 g/mol. The van der Waals surface area contributed by atoms with Crippen LogP contribution < -0.4 is 5.73 Å². The first-order valence-electron chi connectivity index (χ1n) is 5.59. The summed E-state index contributed by atoms with van der Waals surface area (Å²) in [4.78, 5) is 0. The third-order valence-corrected chi connectivity index (χ3v) is 5.97. The van der Waals surface area contributed by atoms with Crippen LogP contribution in [0.5, 0.6) is 0 Å². The molecule has 0 bridgehead atoms. The van der Waals surface area contributed by atoms with E-state index in [-0.39, 0.29) is 17.5 Å². The Hall–Kier alpha value is -0.820. The first-order chi connectivity index (χ1) is 7.81. The van der Waals surface area contributed by atoms with E-state index in [2.05, 4.69) is 5.16 Å². The molecule has 0 unspecified atom stereocenters. The minimum Gasteiger partial charge on any atom is -0.409 e. The molecule has 6 nitrogen and oxygen atoms in total. The molecule has 17 heavy (non-hydrogen) atoms. The van der Waals surface area contributed by atoms with Crippen LogP contribution in [0.2, 0.25) is 0 Å². The van der Waals surface area contributed by atoms with E-state index in [0.29, 0.717) is 13.2 Å². The highest BCUT2D eigenvalue weighted by Crippen LogP contribution is 2.24. The number of hydrogen-bond acceptors (Lipinski definition) is 5. The Morgan fingerprint density at radius 2 is 2.00 bits per heavy atom. The molecule has 1 saturated heterocycles. The molecule has 1 fully saturated rings. The standard InChI is InChI=1S/C10H20N2O4S/c1-10(2,9(11)12-13)17(14,15)7-8-3-5-16-6-4-8/h8,13H,3-7H2,1-2H3,(H2,11,12). The lowest BCUT2D eigenvalue weighted by molar-refractivity contribution is 0.0723. The van der Waals surface area contributed by atoms with Gasteiger partial charge in [-0.05, 0) is 32.6 Å². The first kappa shape index (κ1) is 14.2. The fourth-order valence-corrected chi connectivity index (χ4v) is 3.44. The Labute approximate surface area is 102 Å². The lowest BCUT2D eigenvalue weighted by Crippen LogP contribution is -2.47. The summed E-state index contributed by atoms with van der Waals surface area (Å²) in [6, 6.07) is 0. The van der Waals surface area contributed by atoms with Gasteiger partial charge in [0, 0.05) is 13.2 Å². The maximum absolute atomic E-state index is 12.2. The fourth-order valence-electron chi connectivity index (χ4n) is 1.71. The van der Waals surface area contributed by atoms with Gasteiger partial charge >= 0.3 is 0 Å². The Morgan fingerprint density at radius 1 is 1.47 bits per heavy atom. The molecule has 1 heterocycles. The van der Waals surface area contributed by atoms with Gasteiger partial charge in [0.1, 0.15) is 4.75 Å². The van der Waals surface area contributed by atoms with Crippen molar-refractivity contribution in [3.63, 3.8) is 0 Å². The lowest BCUT2D eigenvalue weighted by atomic mass is 10.0. The van der Waals surface area contributed by atoms with Crippen molar-refractivity contribution >= 4 is 15.7 Å². The highest BCUT2D eigenvalue weighted by molar-refractivity contribution is 7.93. The van der Waals surface area contributed by atoms with Crippen molar-refractivity contribution in [2.45, 2.75) is 31.4 Å².